The van der Waals surface area contributed by atoms with E-state index in [1.807, 2.05) is 17.0 Å². The largest absolute Gasteiger partial charge is 0.481 e. The van der Waals surface area contributed by atoms with Gasteiger partial charge in [-0.15, -0.1) is 0 Å². The number of nitrogens with zero attached hydrogens (tertiary/aromatic N) is 4. The number of carbonyl (C=O) groups is 1. The van der Waals surface area contributed by atoms with E-state index in [0.717, 1.165) is 43.0 Å². The van der Waals surface area contributed by atoms with Crippen LogP contribution in [0.3, 0.4) is 0 Å². The van der Waals surface area contributed by atoms with Crippen molar-refractivity contribution in [3.63, 3.8) is 0 Å². The molecule has 2 aromatic heterocycles. The molecule has 1 amide bonds. The molecule has 1 spiro atoms. The average Bonchev–Trinajstić information content (AvgIpc) is 3.32. The Balaban J connectivity index is 1.45. The molecule has 5 rings (SSSR count). The van der Waals surface area contributed by atoms with Crippen LogP contribution in [0.2, 0.25) is 0 Å². The van der Waals surface area contributed by atoms with Crippen LogP contribution >= 0.6 is 0 Å². The van der Waals surface area contributed by atoms with Gasteiger partial charge in [-0.2, -0.15) is 0 Å². The van der Waals surface area contributed by atoms with Crippen LogP contribution in [-0.4, -0.2) is 58.4 Å². The summed E-state index contributed by atoms with van der Waals surface area (Å²) in [7, 11) is 1.57. The highest BCUT2D eigenvalue weighted by Gasteiger charge is 2.45. The fourth-order valence-electron chi connectivity index (χ4n) is 4.86. The first-order chi connectivity index (χ1) is 15.2. The molecule has 1 saturated heterocycles. The second-order valence-corrected chi connectivity index (χ2v) is 8.57. The van der Waals surface area contributed by atoms with Crippen LogP contribution in [-0.2, 0) is 0 Å². The van der Waals surface area contributed by atoms with Gasteiger partial charge in [0.25, 0.3) is 5.91 Å². The zero-order chi connectivity index (χ0) is 21.3. The first-order valence-corrected chi connectivity index (χ1v) is 11.0. The molecule has 0 radical (unpaired) electrons. The predicted octanol–water partition coefficient (Wildman–Crippen LogP) is 3.34. The van der Waals surface area contributed by atoms with Gasteiger partial charge >= 0.3 is 0 Å². The number of anilines is 2. The van der Waals surface area contributed by atoms with Gasteiger partial charge in [0.1, 0.15) is 11.4 Å². The number of nitrogens with one attached hydrogen (secondary N) is 2. The van der Waals surface area contributed by atoms with Crippen molar-refractivity contribution in [1.82, 2.24) is 14.9 Å². The summed E-state index contributed by atoms with van der Waals surface area (Å²) in [4.78, 5) is 29.0. The van der Waals surface area contributed by atoms with E-state index >= 15 is 0 Å². The number of rotatable bonds is 3. The molecular weight excluding hydrogens is 392 g/mol. The van der Waals surface area contributed by atoms with Crippen molar-refractivity contribution in [2.24, 2.45) is 4.99 Å². The monoisotopic (exact) mass is 420 g/mol. The molecule has 1 unspecified atom stereocenters. The lowest BCUT2D eigenvalue weighted by atomic mass is 9.85. The van der Waals surface area contributed by atoms with E-state index in [1.54, 1.807) is 31.6 Å². The van der Waals surface area contributed by atoms with Crippen molar-refractivity contribution < 1.29 is 9.53 Å². The molecule has 1 aliphatic carbocycles. The number of hydrogen-bond acceptors (Lipinski definition) is 6. The third-order valence-corrected chi connectivity index (χ3v) is 6.48. The maximum absolute atomic E-state index is 13.3. The molecule has 2 aromatic rings. The van der Waals surface area contributed by atoms with Gasteiger partial charge in [0.05, 0.1) is 30.9 Å². The van der Waals surface area contributed by atoms with Crippen molar-refractivity contribution in [3.05, 3.63) is 42.2 Å². The Hall–Kier alpha value is -3.16. The van der Waals surface area contributed by atoms with E-state index < -0.39 is 5.54 Å². The first-order valence-electron chi connectivity index (χ1n) is 11.0. The van der Waals surface area contributed by atoms with Crippen LogP contribution in [0.25, 0.3) is 0 Å². The minimum atomic E-state index is -0.438. The minimum absolute atomic E-state index is 0.0202. The second kappa shape index (κ2) is 8.17. The van der Waals surface area contributed by atoms with Gasteiger partial charge in [-0.25, -0.2) is 9.97 Å². The van der Waals surface area contributed by atoms with Gasteiger partial charge in [-0.1, -0.05) is 12.8 Å². The molecule has 2 aliphatic heterocycles. The van der Waals surface area contributed by atoms with E-state index in [0.29, 0.717) is 30.6 Å². The molecule has 1 saturated carbocycles. The summed E-state index contributed by atoms with van der Waals surface area (Å²) in [6.45, 7) is 1.26. The van der Waals surface area contributed by atoms with E-state index in [2.05, 4.69) is 20.6 Å². The number of aliphatic imine (C=N–C) groups is 1. The standard InChI is InChI=1S/C23H28N6O2/c1-31-19-10-9-16(14-25-19)21(30)29-13-5-11-23(15-29)22(26-17-6-2-3-7-17)27-20-18(28-23)8-4-12-24-20/h4,8-10,12,14,17,28H,2-3,5-7,11,13,15H2,1H3,(H,24,26,27). The number of piperidine rings is 1. The number of hydrogen-bond donors (Lipinski definition) is 2. The fraction of sp³-hybridized carbons (Fsp3) is 0.478. The molecule has 4 heterocycles. The first kappa shape index (κ1) is 19.8. The Labute approximate surface area is 182 Å². The van der Waals surface area contributed by atoms with Gasteiger partial charge < -0.3 is 20.3 Å². The quantitative estimate of drug-likeness (QED) is 0.791. The summed E-state index contributed by atoms with van der Waals surface area (Å²) in [5.41, 5.74) is 1.08. The van der Waals surface area contributed by atoms with E-state index in [1.165, 1.54) is 12.8 Å². The number of carbonyl (C=O) groups excluding carboxylic acids is 1. The van der Waals surface area contributed by atoms with Crippen LogP contribution < -0.4 is 15.4 Å². The Kier molecular flexibility index (Phi) is 5.21. The normalized spacial score (nSPS) is 24.5. The molecule has 0 bridgehead atoms. The molecular formula is C23H28N6O2. The van der Waals surface area contributed by atoms with Crippen LogP contribution in [0.15, 0.2) is 41.7 Å². The Morgan fingerprint density at radius 1 is 1.23 bits per heavy atom. The molecule has 162 valence electrons. The van der Waals surface area contributed by atoms with E-state index in [9.17, 15) is 4.79 Å². The summed E-state index contributed by atoms with van der Waals surface area (Å²) in [6, 6.07) is 7.78. The Morgan fingerprint density at radius 3 is 2.87 bits per heavy atom. The Bertz CT molecular complexity index is 986. The molecule has 8 nitrogen and oxygen atoms in total. The summed E-state index contributed by atoms with van der Waals surface area (Å²) in [5.74, 6) is 2.19. The molecule has 2 fully saturated rings. The van der Waals surface area contributed by atoms with Crippen molar-refractivity contribution in [2.45, 2.75) is 50.1 Å². The number of fused-ring (bicyclic) bond motifs is 1. The lowest BCUT2D eigenvalue weighted by molar-refractivity contribution is 0.0694. The SMILES string of the molecule is COc1ccc(C(=O)N2CCCC3(C2)Nc2cccnc2NC3=NC2CCCC2)cn1. The zero-order valence-corrected chi connectivity index (χ0v) is 17.8. The third-order valence-electron chi connectivity index (χ3n) is 6.48. The minimum Gasteiger partial charge on any atom is -0.481 e. The van der Waals surface area contributed by atoms with Crippen LogP contribution in [0.4, 0.5) is 11.5 Å². The summed E-state index contributed by atoms with van der Waals surface area (Å²) in [5, 5.41) is 7.21. The third kappa shape index (κ3) is 3.82. The highest BCUT2D eigenvalue weighted by Crippen LogP contribution is 2.36. The van der Waals surface area contributed by atoms with Gasteiger partial charge in [-0.3, -0.25) is 9.79 Å². The number of pyridine rings is 2. The molecule has 0 aromatic carbocycles. The number of methoxy groups -OCH3 is 1. The topological polar surface area (TPSA) is 91.7 Å². The summed E-state index contributed by atoms with van der Waals surface area (Å²) >= 11 is 0. The fourth-order valence-corrected chi connectivity index (χ4v) is 4.86. The van der Waals surface area contributed by atoms with Crippen LogP contribution in [0, 0.1) is 0 Å². The molecule has 31 heavy (non-hydrogen) atoms. The van der Waals surface area contributed by atoms with E-state index in [4.69, 9.17) is 9.73 Å². The van der Waals surface area contributed by atoms with Gasteiger partial charge in [0.15, 0.2) is 5.82 Å². The average molecular weight is 421 g/mol. The lowest BCUT2D eigenvalue weighted by Crippen LogP contribution is -2.62. The van der Waals surface area contributed by atoms with Crippen molar-refractivity contribution in [1.29, 1.82) is 0 Å². The number of amidine groups is 1. The van der Waals surface area contributed by atoms with Crippen molar-refractivity contribution in [2.75, 3.05) is 30.8 Å². The van der Waals surface area contributed by atoms with Gasteiger partial charge in [0, 0.05) is 25.0 Å². The van der Waals surface area contributed by atoms with Crippen LogP contribution in [0.5, 0.6) is 5.88 Å². The maximum Gasteiger partial charge on any atom is 0.255 e. The van der Waals surface area contributed by atoms with Gasteiger partial charge in [-0.05, 0) is 43.9 Å². The predicted molar refractivity (Wildman–Crippen MR) is 120 cm³/mol. The Morgan fingerprint density at radius 2 is 2.10 bits per heavy atom. The second-order valence-electron chi connectivity index (χ2n) is 8.57. The van der Waals surface area contributed by atoms with E-state index in [-0.39, 0.29) is 5.91 Å². The summed E-state index contributed by atoms with van der Waals surface area (Å²) < 4.78 is 5.12. The molecule has 1 atom stereocenters. The zero-order valence-electron chi connectivity index (χ0n) is 17.8. The molecule has 8 heteroatoms. The van der Waals surface area contributed by atoms with Gasteiger partial charge in [0.2, 0.25) is 5.88 Å². The van der Waals surface area contributed by atoms with Crippen molar-refractivity contribution in [3.8, 4) is 5.88 Å². The summed E-state index contributed by atoms with van der Waals surface area (Å²) in [6.07, 6.45) is 9.87. The molecule has 2 N–H and O–H groups in total. The highest BCUT2D eigenvalue weighted by atomic mass is 16.5. The highest BCUT2D eigenvalue weighted by molar-refractivity contribution is 6.09. The number of aromatic nitrogens is 2. The number of likely N-dealkylation sites (tertiary alicyclic amines) is 1. The maximum atomic E-state index is 13.3. The smallest absolute Gasteiger partial charge is 0.255 e. The lowest BCUT2D eigenvalue weighted by Gasteiger charge is -2.47. The number of amides is 1. The van der Waals surface area contributed by atoms with Crippen LogP contribution in [0.1, 0.15) is 48.9 Å². The molecule has 3 aliphatic rings. The van der Waals surface area contributed by atoms with Crippen molar-refractivity contribution >= 4 is 23.2 Å². The number of ether oxygens (including phenoxy) is 1.